The van der Waals surface area contributed by atoms with E-state index in [0.29, 0.717) is 11.2 Å². The van der Waals surface area contributed by atoms with Crippen LogP contribution >= 0.6 is 0 Å². The van der Waals surface area contributed by atoms with Crippen molar-refractivity contribution in [3.63, 3.8) is 0 Å². The zero-order valence-corrected chi connectivity index (χ0v) is 6.90. The van der Waals surface area contributed by atoms with Crippen molar-refractivity contribution in [2.24, 2.45) is 0 Å². The first kappa shape index (κ1) is 7.59. The monoisotopic (exact) mass is 180 g/mol. The van der Waals surface area contributed by atoms with Crippen LogP contribution in [0.3, 0.4) is 0 Å². The van der Waals surface area contributed by atoms with E-state index in [1.807, 2.05) is 0 Å². The van der Waals surface area contributed by atoms with Gasteiger partial charge in [0.05, 0.1) is 0 Å². The van der Waals surface area contributed by atoms with Crippen LogP contribution < -0.4 is 16.8 Å². The van der Waals surface area contributed by atoms with Gasteiger partial charge in [-0.15, -0.1) is 0 Å². The summed E-state index contributed by atoms with van der Waals surface area (Å²) in [6.07, 6.45) is 1.50. The van der Waals surface area contributed by atoms with Gasteiger partial charge in [-0.25, -0.2) is 14.5 Å². The van der Waals surface area contributed by atoms with E-state index >= 15 is 0 Å². The molecule has 0 aromatic carbocycles. The van der Waals surface area contributed by atoms with Crippen LogP contribution in [-0.4, -0.2) is 26.7 Å². The molecule has 0 aliphatic rings. The molecule has 0 aliphatic heterocycles. The van der Waals surface area contributed by atoms with Crippen LogP contribution in [0.25, 0.3) is 11.2 Å². The highest BCUT2D eigenvalue weighted by molar-refractivity contribution is 5.81. The maximum Gasteiger partial charge on any atom is 0.348 e. The van der Waals surface area contributed by atoms with Crippen molar-refractivity contribution in [3.05, 3.63) is 16.8 Å². The number of H-pyrrole nitrogens is 1. The second-order valence-electron chi connectivity index (χ2n) is 2.47. The average molecular weight is 180 g/mol. The number of aromatic nitrogens is 4. The zero-order chi connectivity index (χ0) is 9.42. The number of nitrogens with two attached hydrogens (primary N) is 1. The normalized spacial score (nSPS) is 10.5. The van der Waals surface area contributed by atoms with Gasteiger partial charge in [0.25, 0.3) is 0 Å². The van der Waals surface area contributed by atoms with Crippen LogP contribution in [0.4, 0.5) is 5.82 Å². The second-order valence-corrected chi connectivity index (χ2v) is 2.47. The third kappa shape index (κ3) is 1.01. The molecular weight excluding hydrogens is 172 g/mol. The number of anilines is 1. The molecule has 2 aromatic heterocycles. The van der Waals surface area contributed by atoms with E-state index in [4.69, 9.17) is 5.73 Å². The molecule has 7 heteroatoms. The summed E-state index contributed by atoms with van der Waals surface area (Å²) in [5, 5.41) is 0. The van der Waals surface area contributed by atoms with Gasteiger partial charge in [0.1, 0.15) is 17.7 Å². The molecule has 2 heterocycles. The molecule has 0 bridgehead atoms. The van der Waals surface area contributed by atoms with E-state index in [0.717, 1.165) is 0 Å². The van der Waals surface area contributed by atoms with Gasteiger partial charge in [0.2, 0.25) is 0 Å². The fraction of sp³-hybridized carbons (Fsp3) is 0.167. The first-order chi connectivity index (χ1) is 6.22. The van der Waals surface area contributed by atoms with E-state index < -0.39 is 5.69 Å². The number of rotatable bonds is 1. The molecule has 0 aliphatic carbocycles. The third-order valence-electron chi connectivity index (χ3n) is 1.69. The van der Waals surface area contributed by atoms with Crippen LogP contribution in [-0.2, 0) is 0 Å². The molecule has 13 heavy (non-hydrogen) atoms. The lowest BCUT2D eigenvalue weighted by molar-refractivity contribution is 0.930. The lowest BCUT2D eigenvalue weighted by Gasteiger charge is -1.99. The summed E-state index contributed by atoms with van der Waals surface area (Å²) in [7, 11) is 1.69. The van der Waals surface area contributed by atoms with Gasteiger partial charge in [-0.1, -0.05) is 0 Å². The molecule has 0 unspecified atom stereocenters. The van der Waals surface area contributed by atoms with E-state index in [9.17, 15) is 4.79 Å². The first-order valence-electron chi connectivity index (χ1n) is 3.63. The summed E-state index contributed by atoms with van der Waals surface area (Å²) in [6, 6.07) is 0. The summed E-state index contributed by atoms with van der Waals surface area (Å²) in [6.45, 7) is 0. The summed E-state index contributed by atoms with van der Waals surface area (Å²) >= 11 is 0. The Morgan fingerprint density at radius 3 is 3.15 bits per heavy atom. The molecule has 0 saturated heterocycles. The van der Waals surface area contributed by atoms with Gasteiger partial charge >= 0.3 is 5.69 Å². The number of hydrogen-bond acceptors (Lipinski definition) is 5. The molecule has 0 radical (unpaired) electrons. The van der Waals surface area contributed by atoms with Crippen LogP contribution in [0.15, 0.2) is 11.1 Å². The summed E-state index contributed by atoms with van der Waals surface area (Å²) < 4.78 is 1.51. The second kappa shape index (κ2) is 2.47. The Balaban J connectivity index is 2.90. The van der Waals surface area contributed by atoms with Crippen molar-refractivity contribution in [3.8, 4) is 0 Å². The maximum absolute atomic E-state index is 11.0. The highest BCUT2D eigenvalue weighted by Crippen LogP contribution is 2.10. The molecule has 7 nitrogen and oxygen atoms in total. The SMILES string of the molecule is CNn1cnc2c(N)[nH]c(=O)nc21. The van der Waals surface area contributed by atoms with Crippen LogP contribution in [0.1, 0.15) is 0 Å². The maximum atomic E-state index is 11.0. The van der Waals surface area contributed by atoms with Crippen molar-refractivity contribution < 1.29 is 0 Å². The molecule has 0 fully saturated rings. The van der Waals surface area contributed by atoms with E-state index in [-0.39, 0.29) is 5.82 Å². The van der Waals surface area contributed by atoms with E-state index in [1.165, 1.54) is 11.0 Å². The number of nitrogens with one attached hydrogen (secondary N) is 2. The van der Waals surface area contributed by atoms with Crippen molar-refractivity contribution in [2.45, 2.75) is 0 Å². The third-order valence-corrected chi connectivity index (χ3v) is 1.69. The fourth-order valence-electron chi connectivity index (χ4n) is 1.10. The average Bonchev–Trinajstić information content (AvgIpc) is 2.47. The molecule has 68 valence electrons. The van der Waals surface area contributed by atoms with Crippen molar-refractivity contribution in [1.29, 1.82) is 0 Å². The van der Waals surface area contributed by atoms with Gasteiger partial charge in [-0.2, -0.15) is 4.98 Å². The van der Waals surface area contributed by atoms with Crippen LogP contribution in [0, 0.1) is 0 Å². The first-order valence-corrected chi connectivity index (χ1v) is 3.63. The number of hydrogen-bond donors (Lipinski definition) is 3. The van der Waals surface area contributed by atoms with Gasteiger partial charge in [0, 0.05) is 7.05 Å². The summed E-state index contributed by atoms with van der Waals surface area (Å²) in [4.78, 5) is 21.0. The molecular formula is C6H8N6O. The Hall–Kier alpha value is -2.05. The number of nitrogens with zero attached hydrogens (tertiary/aromatic N) is 3. The van der Waals surface area contributed by atoms with Gasteiger partial charge < -0.3 is 11.2 Å². The standard InChI is InChI=1S/C6H8N6O/c1-8-12-2-9-3-4(7)10-6(13)11-5(3)12/h2,8H,1H3,(H3,7,10,11,13). The minimum absolute atomic E-state index is 0.226. The van der Waals surface area contributed by atoms with Crippen LogP contribution in [0.5, 0.6) is 0 Å². The van der Waals surface area contributed by atoms with E-state index in [2.05, 4.69) is 20.4 Å². The molecule has 0 amide bonds. The van der Waals surface area contributed by atoms with Gasteiger partial charge in [-0.3, -0.25) is 4.98 Å². The van der Waals surface area contributed by atoms with Crippen LogP contribution in [0.2, 0.25) is 0 Å². The molecule has 0 saturated carbocycles. The highest BCUT2D eigenvalue weighted by atomic mass is 16.1. The molecule has 0 spiro atoms. The predicted octanol–water partition coefficient (Wildman–Crippen LogP) is -1.12. The Bertz CT molecular complexity index is 497. The lowest BCUT2D eigenvalue weighted by atomic mass is 10.5. The lowest BCUT2D eigenvalue weighted by Crippen LogP contribution is -2.16. The Labute approximate surface area is 72.6 Å². The van der Waals surface area contributed by atoms with Crippen molar-refractivity contribution >= 4 is 17.0 Å². The van der Waals surface area contributed by atoms with E-state index in [1.54, 1.807) is 7.05 Å². The highest BCUT2D eigenvalue weighted by Gasteiger charge is 2.07. The Kier molecular flexibility index (Phi) is 1.44. The summed E-state index contributed by atoms with van der Waals surface area (Å²) in [5.41, 5.74) is 8.73. The largest absolute Gasteiger partial charge is 0.383 e. The van der Waals surface area contributed by atoms with Crippen molar-refractivity contribution in [1.82, 2.24) is 19.6 Å². The topological polar surface area (TPSA) is 102 Å². The molecule has 2 rings (SSSR count). The molecule has 0 atom stereocenters. The fourth-order valence-corrected chi connectivity index (χ4v) is 1.10. The van der Waals surface area contributed by atoms with Gasteiger partial charge in [-0.05, 0) is 0 Å². The van der Waals surface area contributed by atoms with Crippen molar-refractivity contribution in [2.75, 3.05) is 18.2 Å². The minimum atomic E-state index is -0.484. The molecule has 4 N–H and O–H groups in total. The number of imidazole rings is 1. The number of aromatic amines is 1. The number of nitrogen functional groups attached to an aromatic ring is 1. The summed E-state index contributed by atoms with van der Waals surface area (Å²) in [5.74, 6) is 0.226. The smallest absolute Gasteiger partial charge is 0.348 e. The minimum Gasteiger partial charge on any atom is -0.383 e. The van der Waals surface area contributed by atoms with Gasteiger partial charge in [0.15, 0.2) is 5.65 Å². The molecule has 2 aromatic rings. The Morgan fingerprint density at radius 2 is 2.46 bits per heavy atom. The quantitative estimate of drug-likeness (QED) is 0.515. The zero-order valence-electron chi connectivity index (χ0n) is 6.90. The predicted molar refractivity (Wildman–Crippen MR) is 47.8 cm³/mol. The Morgan fingerprint density at radius 1 is 1.69 bits per heavy atom. The number of fused-ring (bicyclic) bond motifs is 1.